The molecule has 0 heterocycles. The lowest BCUT2D eigenvalue weighted by Gasteiger charge is -1.92. The van der Waals surface area contributed by atoms with E-state index in [0.29, 0.717) is 0 Å². The molecule has 78 valence electrons. The van der Waals surface area contributed by atoms with Gasteiger partial charge in [0.2, 0.25) is 9.84 Å². The molecule has 0 bridgehead atoms. The summed E-state index contributed by atoms with van der Waals surface area (Å²) in [6.45, 7) is 0. The summed E-state index contributed by atoms with van der Waals surface area (Å²) in [5, 5.41) is 12.5. The van der Waals surface area contributed by atoms with E-state index in [4.69, 9.17) is 0 Å². The number of para-hydroxylation sites is 1. The van der Waals surface area contributed by atoms with E-state index in [-0.39, 0.29) is 11.3 Å². The molecule has 1 aromatic rings. The van der Waals surface area contributed by atoms with E-state index in [0.717, 1.165) is 6.26 Å². The first-order valence-corrected chi connectivity index (χ1v) is 5.75. The molecule has 0 unspecified atom stereocenters. The first-order valence-electron chi connectivity index (χ1n) is 3.86. The molecule has 0 aliphatic heterocycles. The molecular weight excluding hydrogens is 218 g/mol. The highest BCUT2D eigenvalue weighted by molar-refractivity contribution is 7.95. The van der Waals surface area contributed by atoms with Crippen LogP contribution in [0.3, 0.4) is 0 Å². The molecule has 5 nitrogen and oxygen atoms in total. The van der Waals surface area contributed by atoms with E-state index in [1.54, 1.807) is 6.07 Å². The number of sulfone groups is 1. The summed E-state index contributed by atoms with van der Waals surface area (Å²) >= 11 is 0. The van der Waals surface area contributed by atoms with Gasteiger partial charge in [-0.05, 0) is 12.0 Å². The number of hydrogen-bond donors (Lipinski definition) is 0. The second-order valence-electron chi connectivity index (χ2n) is 2.77. The number of nitro benzene ring substituents is 1. The average molecular weight is 225 g/mol. The van der Waals surface area contributed by atoms with Gasteiger partial charge >= 0.3 is 0 Å². The van der Waals surface area contributed by atoms with Crippen molar-refractivity contribution in [2.24, 2.45) is 0 Å². The van der Waals surface area contributed by atoms with Gasteiger partial charge in [-0.25, -0.2) is 8.42 Å². The van der Waals surface area contributed by atoms with Crippen LogP contribution in [0, 0.1) is 21.3 Å². The zero-order chi connectivity index (χ0) is 11.5. The molecule has 6 heteroatoms. The highest BCUT2D eigenvalue weighted by atomic mass is 32.2. The van der Waals surface area contributed by atoms with Gasteiger partial charge in [0.1, 0.15) is 5.56 Å². The first kappa shape index (κ1) is 11.2. The predicted molar refractivity (Wildman–Crippen MR) is 54.8 cm³/mol. The highest BCUT2D eigenvalue weighted by Gasteiger charge is 2.09. The van der Waals surface area contributed by atoms with Gasteiger partial charge in [0.05, 0.1) is 11.2 Å². The van der Waals surface area contributed by atoms with Crippen molar-refractivity contribution in [3.63, 3.8) is 0 Å². The molecule has 0 atom stereocenters. The Morgan fingerprint density at radius 3 is 2.47 bits per heavy atom. The van der Waals surface area contributed by atoms with Crippen molar-refractivity contribution in [2.45, 2.75) is 0 Å². The third-order valence-corrected chi connectivity index (χ3v) is 1.94. The zero-order valence-electron chi connectivity index (χ0n) is 7.80. The average Bonchev–Trinajstić information content (AvgIpc) is 2.14. The largest absolute Gasteiger partial charge is 0.284 e. The van der Waals surface area contributed by atoms with Gasteiger partial charge < -0.3 is 0 Å². The number of hydrogen-bond acceptors (Lipinski definition) is 4. The number of nitro groups is 1. The summed E-state index contributed by atoms with van der Waals surface area (Å²) < 4.78 is 21.5. The highest BCUT2D eigenvalue weighted by Crippen LogP contribution is 2.15. The maximum absolute atomic E-state index is 10.7. The van der Waals surface area contributed by atoms with E-state index >= 15 is 0 Å². The minimum absolute atomic E-state index is 0.0907. The van der Waals surface area contributed by atoms with Gasteiger partial charge in [-0.15, -0.1) is 0 Å². The van der Waals surface area contributed by atoms with E-state index in [9.17, 15) is 18.5 Å². The van der Waals surface area contributed by atoms with Crippen LogP contribution >= 0.6 is 0 Å². The zero-order valence-corrected chi connectivity index (χ0v) is 8.61. The fraction of sp³-hybridized carbons (Fsp3) is 0.111. The van der Waals surface area contributed by atoms with Crippen LogP contribution in [0.1, 0.15) is 5.56 Å². The summed E-state index contributed by atoms with van der Waals surface area (Å²) in [6.07, 6.45) is 0.939. The van der Waals surface area contributed by atoms with Crippen LogP contribution in [0.5, 0.6) is 0 Å². The topological polar surface area (TPSA) is 77.3 Å². The van der Waals surface area contributed by atoms with E-state index < -0.39 is 14.8 Å². The SMILES string of the molecule is CS(=O)(=O)C#Cc1ccccc1[N+](=O)[O-]. The lowest BCUT2D eigenvalue weighted by Crippen LogP contribution is -1.93. The Morgan fingerprint density at radius 2 is 1.93 bits per heavy atom. The van der Waals surface area contributed by atoms with Crippen LogP contribution in [0.25, 0.3) is 0 Å². The fourth-order valence-corrected chi connectivity index (χ4v) is 1.18. The maximum atomic E-state index is 10.7. The third-order valence-electron chi connectivity index (χ3n) is 1.47. The standard InChI is InChI=1S/C9H7NO4S/c1-15(13,14)7-6-8-4-2-3-5-9(8)10(11)12/h2-5H,1H3. The Balaban J connectivity index is 3.25. The monoisotopic (exact) mass is 225 g/mol. The third kappa shape index (κ3) is 3.40. The molecule has 0 radical (unpaired) electrons. The molecule has 0 saturated carbocycles. The van der Waals surface area contributed by atoms with Gasteiger partial charge in [0.25, 0.3) is 5.69 Å². The van der Waals surface area contributed by atoms with Crippen LogP contribution < -0.4 is 0 Å². The van der Waals surface area contributed by atoms with Gasteiger partial charge in [0.15, 0.2) is 0 Å². The molecule has 1 rings (SSSR count). The van der Waals surface area contributed by atoms with Crippen molar-refractivity contribution in [3.8, 4) is 11.2 Å². The van der Waals surface area contributed by atoms with Crippen molar-refractivity contribution in [1.29, 1.82) is 0 Å². The first-order chi connectivity index (χ1) is 6.90. The molecule has 0 saturated heterocycles. The number of nitrogens with zero attached hydrogens (tertiary/aromatic N) is 1. The summed E-state index contributed by atoms with van der Waals surface area (Å²) in [5.41, 5.74) is -0.110. The van der Waals surface area contributed by atoms with Crippen molar-refractivity contribution < 1.29 is 13.3 Å². The molecule has 0 fully saturated rings. The Kier molecular flexibility index (Phi) is 3.07. The summed E-state index contributed by atoms with van der Waals surface area (Å²) in [6, 6.07) is 5.71. The minimum Gasteiger partial charge on any atom is -0.258 e. The van der Waals surface area contributed by atoms with Crippen LogP contribution in [-0.2, 0) is 9.84 Å². The number of rotatable bonds is 1. The Morgan fingerprint density at radius 1 is 1.33 bits per heavy atom. The van der Waals surface area contributed by atoms with Gasteiger partial charge in [-0.1, -0.05) is 12.1 Å². The van der Waals surface area contributed by atoms with Crippen LogP contribution in [0.15, 0.2) is 24.3 Å². The normalized spacial score (nSPS) is 10.2. The van der Waals surface area contributed by atoms with E-state index in [1.807, 2.05) is 5.25 Å². The van der Waals surface area contributed by atoms with Crippen molar-refractivity contribution in [2.75, 3.05) is 6.26 Å². The molecule has 1 aromatic carbocycles. The quantitative estimate of drug-likeness (QED) is 0.405. The number of benzene rings is 1. The molecule has 0 spiro atoms. The van der Waals surface area contributed by atoms with Crippen LogP contribution in [0.2, 0.25) is 0 Å². The van der Waals surface area contributed by atoms with Gasteiger partial charge in [-0.3, -0.25) is 10.1 Å². The summed E-state index contributed by atoms with van der Waals surface area (Å²) in [7, 11) is -3.45. The molecule has 0 aliphatic carbocycles. The molecular formula is C9H7NO4S. The minimum atomic E-state index is -3.45. The second kappa shape index (κ2) is 4.11. The van der Waals surface area contributed by atoms with Crippen molar-refractivity contribution >= 4 is 15.5 Å². The van der Waals surface area contributed by atoms with Gasteiger partial charge in [0, 0.05) is 11.3 Å². The Bertz CT molecular complexity index is 551. The fourth-order valence-electron chi connectivity index (χ4n) is 0.886. The second-order valence-corrected chi connectivity index (χ2v) is 4.52. The van der Waals surface area contributed by atoms with E-state index in [1.165, 1.54) is 18.2 Å². The molecule has 0 aliphatic rings. The van der Waals surface area contributed by atoms with Gasteiger partial charge in [-0.2, -0.15) is 0 Å². The van der Waals surface area contributed by atoms with Crippen molar-refractivity contribution in [3.05, 3.63) is 39.9 Å². The lowest BCUT2D eigenvalue weighted by molar-refractivity contribution is -0.385. The predicted octanol–water partition coefficient (Wildman–Crippen LogP) is 0.948. The summed E-state index contributed by atoms with van der Waals surface area (Å²) in [4.78, 5) is 9.93. The molecule has 0 amide bonds. The van der Waals surface area contributed by atoms with E-state index in [2.05, 4.69) is 5.92 Å². The molecule has 15 heavy (non-hydrogen) atoms. The van der Waals surface area contributed by atoms with Crippen LogP contribution in [-0.4, -0.2) is 19.6 Å². The maximum Gasteiger partial charge on any atom is 0.284 e. The van der Waals surface area contributed by atoms with Crippen molar-refractivity contribution in [1.82, 2.24) is 0 Å². The summed E-state index contributed by atoms with van der Waals surface area (Å²) in [5.74, 6) is 2.25. The Labute approximate surface area is 86.8 Å². The smallest absolute Gasteiger partial charge is 0.258 e. The van der Waals surface area contributed by atoms with Crippen LogP contribution in [0.4, 0.5) is 5.69 Å². The molecule has 0 aromatic heterocycles. The lowest BCUT2D eigenvalue weighted by atomic mass is 10.2. The molecule has 0 N–H and O–H groups in total. The Hall–Kier alpha value is -1.87.